The minimum atomic E-state index is -1.08. The van der Waals surface area contributed by atoms with Crippen LogP contribution in [0.25, 0.3) is 0 Å². The van der Waals surface area contributed by atoms with Gasteiger partial charge in [-0.3, -0.25) is 14.4 Å². The molecule has 3 aliphatic heterocycles. The third-order valence-electron chi connectivity index (χ3n) is 10.6. The Morgan fingerprint density at radius 1 is 1.07 bits per heavy atom. The number of rotatable bonds is 13. The van der Waals surface area contributed by atoms with Crippen molar-refractivity contribution in [3.63, 3.8) is 0 Å². The van der Waals surface area contributed by atoms with Gasteiger partial charge in [-0.25, -0.2) is 0 Å². The van der Waals surface area contributed by atoms with Crippen LogP contribution in [0, 0.1) is 17.8 Å². The first-order valence-electron chi connectivity index (χ1n) is 16.2. The van der Waals surface area contributed by atoms with Crippen LogP contribution in [0.4, 0.5) is 0 Å². The maximum Gasteiger partial charge on any atom is 0.248 e. The Kier molecular flexibility index (Phi) is 9.47. The highest BCUT2D eigenvalue weighted by atomic mass is 16.5. The molecule has 5 rings (SSSR count). The molecule has 1 aliphatic carbocycles. The zero-order valence-corrected chi connectivity index (χ0v) is 26.0. The van der Waals surface area contributed by atoms with E-state index in [2.05, 4.69) is 20.1 Å². The van der Waals surface area contributed by atoms with Gasteiger partial charge < -0.3 is 24.5 Å². The maximum atomic E-state index is 14.8. The molecule has 3 saturated heterocycles. The van der Waals surface area contributed by atoms with Crippen LogP contribution in [0.2, 0.25) is 0 Å². The first kappa shape index (κ1) is 31.5. The van der Waals surface area contributed by atoms with Crippen LogP contribution in [0.1, 0.15) is 70.8 Å². The zero-order chi connectivity index (χ0) is 30.8. The van der Waals surface area contributed by atoms with E-state index in [1.54, 1.807) is 22.0 Å². The first-order chi connectivity index (χ1) is 20.7. The lowest BCUT2D eigenvalue weighted by atomic mass is 9.62. The van der Waals surface area contributed by atoms with Gasteiger partial charge in [0.1, 0.15) is 11.6 Å². The second-order valence-electron chi connectivity index (χ2n) is 13.2. The summed E-state index contributed by atoms with van der Waals surface area (Å²) < 4.78 is 6.99. The van der Waals surface area contributed by atoms with Crippen molar-refractivity contribution in [1.29, 1.82) is 0 Å². The van der Waals surface area contributed by atoms with E-state index in [9.17, 15) is 19.5 Å². The fourth-order valence-electron chi connectivity index (χ4n) is 8.53. The van der Waals surface area contributed by atoms with E-state index in [4.69, 9.17) is 4.74 Å². The quantitative estimate of drug-likeness (QED) is 0.273. The summed E-state index contributed by atoms with van der Waals surface area (Å²) in [6.45, 7) is 13.4. The van der Waals surface area contributed by atoms with Crippen LogP contribution in [0.5, 0.6) is 0 Å². The van der Waals surface area contributed by atoms with E-state index in [1.807, 2.05) is 42.2 Å². The Morgan fingerprint density at radius 3 is 2.42 bits per heavy atom. The predicted octanol–water partition coefficient (Wildman–Crippen LogP) is 4.33. The minimum absolute atomic E-state index is 0.0165. The van der Waals surface area contributed by atoms with E-state index < -0.39 is 29.1 Å². The van der Waals surface area contributed by atoms with Gasteiger partial charge >= 0.3 is 0 Å². The molecule has 1 aromatic rings. The van der Waals surface area contributed by atoms with Crippen LogP contribution < -0.4 is 0 Å². The van der Waals surface area contributed by atoms with Gasteiger partial charge in [-0.05, 0) is 50.5 Å². The average Bonchev–Trinajstić information content (AvgIpc) is 3.52. The number of aliphatic hydroxyl groups is 1. The van der Waals surface area contributed by atoms with E-state index in [-0.39, 0.29) is 36.3 Å². The Morgan fingerprint density at radius 2 is 1.77 bits per heavy atom. The first-order valence-corrected chi connectivity index (χ1v) is 16.2. The molecule has 0 radical (unpaired) electrons. The molecule has 0 aromatic heterocycles. The monoisotopic (exact) mass is 591 g/mol. The Hall–Kier alpha value is -2.97. The van der Waals surface area contributed by atoms with Gasteiger partial charge in [0.15, 0.2) is 0 Å². The molecular formula is C35H49N3O5. The molecule has 1 saturated carbocycles. The molecule has 1 aromatic carbocycles. The van der Waals surface area contributed by atoms with Crippen LogP contribution in [-0.4, -0.2) is 87.1 Å². The Labute approximate surface area is 256 Å². The van der Waals surface area contributed by atoms with Crippen LogP contribution >= 0.6 is 0 Å². The van der Waals surface area contributed by atoms with Crippen molar-refractivity contribution >= 4 is 17.7 Å². The Balaban J connectivity index is 1.54. The molecule has 1 spiro atoms. The number of carbonyl (C=O) groups is 3. The fraction of sp³-hybridized carbons (Fsp3) is 0.629. The normalized spacial score (nSPS) is 31.6. The van der Waals surface area contributed by atoms with Gasteiger partial charge in [0.2, 0.25) is 17.7 Å². The maximum absolute atomic E-state index is 14.8. The predicted molar refractivity (Wildman–Crippen MR) is 166 cm³/mol. The number of amides is 3. The molecule has 234 valence electrons. The van der Waals surface area contributed by atoms with Gasteiger partial charge in [0.05, 0.1) is 17.4 Å². The number of hydrogen-bond donors (Lipinski definition) is 1. The summed E-state index contributed by atoms with van der Waals surface area (Å²) in [7, 11) is 0. The standard InChI is InChI=1S/C35H49N3O5/c1-5-19-36(24-26-15-9-7-10-16-26)31(40)28-29-32(41)38(21-13-14-22-39)30(35(29)23-25(3)34(28,4)43-35)33(42)37(20-6-2)27-17-11-8-12-18-27/h5-7,9-10,15-16,25,27-30,39H,1-2,8,11-14,17-24H2,3-4H3/t25?,28-,29+,30?,34+,35?/m1/s1. The topological polar surface area (TPSA) is 90.4 Å². The molecule has 8 heteroatoms. The summed E-state index contributed by atoms with van der Waals surface area (Å²) in [4.78, 5) is 49.3. The number of hydrogen-bond acceptors (Lipinski definition) is 5. The number of unbranched alkanes of at least 4 members (excludes halogenated alkanes) is 1. The van der Waals surface area contributed by atoms with Gasteiger partial charge in [-0.2, -0.15) is 0 Å². The van der Waals surface area contributed by atoms with Crippen molar-refractivity contribution in [1.82, 2.24) is 14.7 Å². The summed E-state index contributed by atoms with van der Waals surface area (Å²) in [5, 5.41) is 9.52. The van der Waals surface area contributed by atoms with Gasteiger partial charge in [0, 0.05) is 38.8 Å². The fourth-order valence-corrected chi connectivity index (χ4v) is 8.53. The molecule has 2 bridgehead atoms. The van der Waals surface area contributed by atoms with Crippen molar-refractivity contribution in [3.05, 3.63) is 61.2 Å². The number of ether oxygens (including phenoxy) is 1. The van der Waals surface area contributed by atoms with Crippen molar-refractivity contribution in [2.45, 2.75) is 95.0 Å². The second-order valence-corrected chi connectivity index (χ2v) is 13.2. The molecule has 4 aliphatic rings. The number of likely N-dealkylation sites (tertiary alicyclic amines) is 1. The minimum Gasteiger partial charge on any atom is -0.396 e. The third kappa shape index (κ3) is 5.46. The summed E-state index contributed by atoms with van der Waals surface area (Å²) >= 11 is 0. The van der Waals surface area contributed by atoms with E-state index >= 15 is 0 Å². The highest BCUT2D eigenvalue weighted by Crippen LogP contribution is 2.65. The number of carbonyl (C=O) groups excluding carboxylic acids is 3. The summed E-state index contributed by atoms with van der Waals surface area (Å²) in [6, 6.07) is 9.12. The third-order valence-corrected chi connectivity index (χ3v) is 10.6. The lowest BCUT2D eigenvalue weighted by molar-refractivity contribution is -0.156. The zero-order valence-electron chi connectivity index (χ0n) is 26.0. The molecule has 8 nitrogen and oxygen atoms in total. The summed E-state index contributed by atoms with van der Waals surface area (Å²) in [5.41, 5.74) is -0.960. The highest BCUT2D eigenvalue weighted by Gasteiger charge is 2.80. The van der Waals surface area contributed by atoms with E-state index in [0.29, 0.717) is 45.4 Å². The molecule has 1 N–H and O–H groups in total. The molecule has 4 fully saturated rings. The van der Waals surface area contributed by atoms with E-state index in [1.165, 1.54) is 6.42 Å². The molecule has 43 heavy (non-hydrogen) atoms. The molecule has 3 amide bonds. The summed E-state index contributed by atoms with van der Waals surface area (Å²) in [5.74, 6) is -1.88. The molecule has 3 heterocycles. The molecule has 3 unspecified atom stereocenters. The average molecular weight is 592 g/mol. The number of aliphatic hydroxyl groups excluding tert-OH is 1. The second kappa shape index (κ2) is 12.9. The number of benzene rings is 1. The van der Waals surface area contributed by atoms with Crippen molar-refractivity contribution in [2.75, 3.05) is 26.2 Å². The Bertz CT molecular complexity index is 1200. The van der Waals surface area contributed by atoms with Gasteiger partial charge in [-0.1, -0.05) is 68.7 Å². The number of fused-ring (bicyclic) bond motifs is 1. The number of nitrogens with zero attached hydrogens (tertiary/aromatic N) is 3. The lowest BCUT2D eigenvalue weighted by Gasteiger charge is -2.41. The van der Waals surface area contributed by atoms with Crippen LogP contribution in [0.3, 0.4) is 0 Å². The van der Waals surface area contributed by atoms with Crippen molar-refractivity contribution in [3.8, 4) is 0 Å². The van der Waals surface area contributed by atoms with Gasteiger partial charge in [-0.15, -0.1) is 13.2 Å². The molecular weight excluding hydrogens is 542 g/mol. The lowest BCUT2D eigenvalue weighted by Crippen LogP contribution is -2.58. The summed E-state index contributed by atoms with van der Waals surface area (Å²) in [6.07, 6.45) is 10.3. The smallest absolute Gasteiger partial charge is 0.248 e. The largest absolute Gasteiger partial charge is 0.396 e. The molecule has 6 atom stereocenters. The SMILES string of the molecule is C=CCN(Cc1ccccc1)C(=O)[C@H]1[C@H]2C(=O)N(CCCCO)C(C(=O)N(CC=C)C3CCCCC3)C23CC(C)[C@]1(C)O3. The van der Waals surface area contributed by atoms with Crippen molar-refractivity contribution < 1.29 is 24.2 Å². The van der Waals surface area contributed by atoms with Gasteiger partial charge in [0.25, 0.3) is 0 Å². The van der Waals surface area contributed by atoms with E-state index in [0.717, 1.165) is 31.2 Å². The van der Waals surface area contributed by atoms with Crippen LogP contribution in [-0.2, 0) is 25.7 Å². The highest BCUT2D eigenvalue weighted by molar-refractivity contribution is 5.99. The van der Waals surface area contributed by atoms with Crippen molar-refractivity contribution in [2.24, 2.45) is 17.8 Å². The van der Waals surface area contributed by atoms with Crippen LogP contribution in [0.15, 0.2) is 55.6 Å².